The number of carbonyl (C=O) groups is 1. The fourth-order valence-electron chi connectivity index (χ4n) is 3.01. The van der Waals surface area contributed by atoms with E-state index in [2.05, 4.69) is 0 Å². The summed E-state index contributed by atoms with van der Waals surface area (Å²) in [6, 6.07) is 12.3. The van der Waals surface area contributed by atoms with Crippen LogP contribution in [0.15, 0.2) is 48.5 Å². The molecule has 1 aliphatic rings. The largest absolute Gasteiger partial charge is 0.335 e. The van der Waals surface area contributed by atoms with Gasteiger partial charge in [0.15, 0.2) is 0 Å². The summed E-state index contributed by atoms with van der Waals surface area (Å²) in [6.07, 6.45) is 1.86. The third-order valence-electron chi connectivity index (χ3n) is 4.11. The third-order valence-corrected chi connectivity index (χ3v) is 4.11. The molecule has 1 heterocycles. The number of nitrogens with zero attached hydrogens (tertiary/aromatic N) is 1. The van der Waals surface area contributed by atoms with Crippen LogP contribution < -0.4 is 0 Å². The number of amides is 1. The minimum absolute atomic E-state index is 0.0441. The second kappa shape index (κ2) is 6.26. The van der Waals surface area contributed by atoms with E-state index in [-0.39, 0.29) is 30.0 Å². The Kier molecular flexibility index (Phi) is 4.18. The summed E-state index contributed by atoms with van der Waals surface area (Å²) >= 11 is 0. The van der Waals surface area contributed by atoms with Gasteiger partial charge >= 0.3 is 0 Å². The highest BCUT2D eigenvalue weighted by Gasteiger charge is 2.31. The molecule has 0 bridgehead atoms. The van der Waals surface area contributed by atoms with E-state index in [9.17, 15) is 13.6 Å². The van der Waals surface area contributed by atoms with Crippen LogP contribution in [0.4, 0.5) is 8.78 Å². The van der Waals surface area contributed by atoms with E-state index >= 15 is 0 Å². The quantitative estimate of drug-likeness (QED) is 0.842. The predicted molar refractivity (Wildman–Crippen MR) is 80.2 cm³/mol. The van der Waals surface area contributed by atoms with Crippen LogP contribution in [0.2, 0.25) is 0 Å². The van der Waals surface area contributed by atoms with Crippen LogP contribution in [0, 0.1) is 11.6 Å². The van der Waals surface area contributed by atoms with Crippen LogP contribution >= 0.6 is 0 Å². The number of rotatable bonds is 3. The molecule has 0 unspecified atom stereocenters. The van der Waals surface area contributed by atoms with Crippen molar-refractivity contribution in [1.82, 2.24) is 4.90 Å². The predicted octanol–water partition coefficient (Wildman–Crippen LogP) is 3.87. The van der Waals surface area contributed by atoms with E-state index in [1.165, 1.54) is 18.2 Å². The van der Waals surface area contributed by atoms with E-state index < -0.39 is 0 Å². The van der Waals surface area contributed by atoms with Crippen molar-refractivity contribution < 1.29 is 13.6 Å². The highest BCUT2D eigenvalue weighted by atomic mass is 19.1. The van der Waals surface area contributed by atoms with Gasteiger partial charge < -0.3 is 4.90 Å². The Labute approximate surface area is 128 Å². The van der Waals surface area contributed by atoms with Crippen molar-refractivity contribution in [1.29, 1.82) is 0 Å². The van der Waals surface area contributed by atoms with Crippen LogP contribution in [-0.4, -0.2) is 17.4 Å². The molecule has 0 aliphatic carbocycles. The first kappa shape index (κ1) is 14.7. The monoisotopic (exact) mass is 301 g/mol. The average molecular weight is 301 g/mol. The van der Waals surface area contributed by atoms with Crippen molar-refractivity contribution in [2.45, 2.75) is 25.3 Å². The first-order valence-corrected chi connectivity index (χ1v) is 7.43. The van der Waals surface area contributed by atoms with Gasteiger partial charge in [-0.2, -0.15) is 0 Å². The summed E-state index contributed by atoms with van der Waals surface area (Å²) in [5, 5.41) is 0. The molecule has 1 aliphatic heterocycles. The van der Waals surface area contributed by atoms with Crippen molar-refractivity contribution in [3.05, 3.63) is 71.3 Å². The van der Waals surface area contributed by atoms with Gasteiger partial charge in [-0.05, 0) is 36.6 Å². The maximum Gasteiger partial charge on any atom is 0.227 e. The number of hydrogen-bond donors (Lipinski definition) is 0. The Hall–Kier alpha value is -2.23. The summed E-state index contributed by atoms with van der Waals surface area (Å²) in [5.74, 6) is -0.632. The molecule has 0 radical (unpaired) electrons. The standard InChI is InChI=1S/C18H17F2NO/c19-14-9-7-13(8-10-14)12-18(22)21-11-3-6-17(21)15-4-1-2-5-16(15)20/h1-2,4-5,7-10,17H,3,6,11-12H2/t17-/m1/s1. The molecule has 114 valence electrons. The Balaban J connectivity index is 1.76. The zero-order valence-corrected chi connectivity index (χ0v) is 12.1. The summed E-state index contributed by atoms with van der Waals surface area (Å²) in [5.41, 5.74) is 1.35. The molecule has 3 rings (SSSR count). The van der Waals surface area contributed by atoms with Crippen LogP contribution in [0.25, 0.3) is 0 Å². The van der Waals surface area contributed by atoms with Crippen molar-refractivity contribution >= 4 is 5.91 Å². The number of likely N-dealkylation sites (tertiary alicyclic amines) is 1. The average Bonchev–Trinajstić information content (AvgIpc) is 2.99. The molecule has 1 saturated heterocycles. The summed E-state index contributed by atoms with van der Waals surface area (Å²) in [7, 11) is 0. The first-order chi connectivity index (χ1) is 10.6. The van der Waals surface area contributed by atoms with Crippen LogP contribution in [0.3, 0.4) is 0 Å². The molecule has 0 saturated carbocycles. The van der Waals surface area contributed by atoms with Gasteiger partial charge in [-0.15, -0.1) is 0 Å². The van der Waals surface area contributed by atoms with Gasteiger partial charge in [-0.25, -0.2) is 8.78 Å². The van der Waals surface area contributed by atoms with Gasteiger partial charge in [-0.1, -0.05) is 30.3 Å². The third kappa shape index (κ3) is 3.01. The van der Waals surface area contributed by atoms with Crippen molar-refractivity contribution in [2.75, 3.05) is 6.54 Å². The smallest absolute Gasteiger partial charge is 0.227 e. The lowest BCUT2D eigenvalue weighted by Gasteiger charge is -2.25. The van der Waals surface area contributed by atoms with Gasteiger partial charge in [0.25, 0.3) is 0 Å². The molecule has 1 fully saturated rings. The van der Waals surface area contributed by atoms with E-state index in [1.54, 1.807) is 35.2 Å². The van der Waals surface area contributed by atoms with Crippen molar-refractivity contribution in [3.63, 3.8) is 0 Å². The van der Waals surface area contributed by atoms with Crippen molar-refractivity contribution in [2.24, 2.45) is 0 Å². The maximum absolute atomic E-state index is 14.0. The lowest BCUT2D eigenvalue weighted by molar-refractivity contribution is -0.131. The molecule has 2 aromatic rings. The van der Waals surface area contributed by atoms with Gasteiger partial charge in [0.2, 0.25) is 5.91 Å². The van der Waals surface area contributed by atoms with Gasteiger partial charge in [-0.3, -0.25) is 4.79 Å². The van der Waals surface area contributed by atoms with Crippen LogP contribution in [0.1, 0.15) is 30.0 Å². The highest BCUT2D eigenvalue weighted by molar-refractivity contribution is 5.79. The lowest BCUT2D eigenvalue weighted by Crippen LogP contribution is -2.32. The van der Waals surface area contributed by atoms with Crippen LogP contribution in [-0.2, 0) is 11.2 Å². The molecule has 0 N–H and O–H groups in total. The van der Waals surface area contributed by atoms with E-state index in [0.29, 0.717) is 12.1 Å². The van der Waals surface area contributed by atoms with E-state index in [0.717, 1.165) is 18.4 Å². The zero-order valence-electron chi connectivity index (χ0n) is 12.1. The Morgan fingerprint density at radius 1 is 1.09 bits per heavy atom. The molecule has 1 amide bonds. The Morgan fingerprint density at radius 3 is 2.55 bits per heavy atom. The first-order valence-electron chi connectivity index (χ1n) is 7.43. The minimum atomic E-state index is -0.318. The molecule has 2 nitrogen and oxygen atoms in total. The van der Waals surface area contributed by atoms with Crippen molar-refractivity contribution in [3.8, 4) is 0 Å². The number of hydrogen-bond acceptors (Lipinski definition) is 1. The number of halogens is 2. The van der Waals surface area contributed by atoms with Gasteiger partial charge in [0, 0.05) is 12.1 Å². The Bertz CT molecular complexity index is 669. The number of benzene rings is 2. The summed E-state index contributed by atoms with van der Waals surface area (Å²) in [4.78, 5) is 14.2. The molecule has 0 spiro atoms. The fourth-order valence-corrected chi connectivity index (χ4v) is 3.01. The lowest BCUT2D eigenvalue weighted by atomic mass is 10.0. The summed E-state index contributed by atoms with van der Waals surface area (Å²) in [6.45, 7) is 0.638. The molecule has 2 aromatic carbocycles. The second-order valence-electron chi connectivity index (χ2n) is 5.57. The topological polar surface area (TPSA) is 20.3 Å². The second-order valence-corrected chi connectivity index (χ2v) is 5.57. The molecule has 22 heavy (non-hydrogen) atoms. The molecule has 4 heteroatoms. The molecule has 1 atom stereocenters. The summed E-state index contributed by atoms with van der Waals surface area (Å²) < 4.78 is 26.9. The van der Waals surface area contributed by atoms with Gasteiger partial charge in [0.05, 0.1) is 12.5 Å². The van der Waals surface area contributed by atoms with E-state index in [4.69, 9.17) is 0 Å². The SMILES string of the molecule is O=C(Cc1ccc(F)cc1)N1CCC[C@@H]1c1ccccc1F. The zero-order chi connectivity index (χ0) is 15.5. The van der Waals surface area contributed by atoms with Crippen LogP contribution in [0.5, 0.6) is 0 Å². The normalized spacial score (nSPS) is 17.7. The van der Waals surface area contributed by atoms with E-state index in [1.807, 2.05) is 0 Å². The highest BCUT2D eigenvalue weighted by Crippen LogP contribution is 2.33. The number of carbonyl (C=O) groups excluding carboxylic acids is 1. The minimum Gasteiger partial charge on any atom is -0.335 e. The maximum atomic E-state index is 14.0. The Morgan fingerprint density at radius 2 is 1.82 bits per heavy atom. The fraction of sp³-hybridized carbons (Fsp3) is 0.278. The molecular weight excluding hydrogens is 284 g/mol. The van der Waals surface area contributed by atoms with Gasteiger partial charge in [0.1, 0.15) is 11.6 Å². The molecular formula is C18H17F2NO. The molecule has 0 aromatic heterocycles.